The summed E-state index contributed by atoms with van der Waals surface area (Å²) in [6, 6.07) is 12.4. The predicted octanol–water partition coefficient (Wildman–Crippen LogP) is 3.74. The van der Waals surface area contributed by atoms with Crippen LogP contribution in [0.15, 0.2) is 48.5 Å². The molecule has 0 aliphatic heterocycles. The van der Waals surface area contributed by atoms with Gasteiger partial charge in [-0.25, -0.2) is 9.78 Å². The van der Waals surface area contributed by atoms with Gasteiger partial charge in [-0.2, -0.15) is 0 Å². The molecule has 1 amide bonds. The normalized spacial score (nSPS) is 10.8. The van der Waals surface area contributed by atoms with Gasteiger partial charge in [0.05, 0.1) is 30.0 Å². The van der Waals surface area contributed by atoms with Gasteiger partial charge in [0.1, 0.15) is 5.75 Å². The SMILES string of the molecule is COC(=O)c1ccc2nc(NC(=O)/C=C/c3ccc(OC)cc3)sc2c1. The van der Waals surface area contributed by atoms with E-state index in [0.29, 0.717) is 16.2 Å². The molecule has 1 heterocycles. The number of esters is 1. The van der Waals surface area contributed by atoms with Crippen LogP contribution in [0.1, 0.15) is 15.9 Å². The van der Waals surface area contributed by atoms with Gasteiger partial charge >= 0.3 is 5.97 Å². The maximum Gasteiger partial charge on any atom is 0.337 e. The fourth-order valence-electron chi connectivity index (χ4n) is 2.26. The Kier molecular flexibility index (Phi) is 5.28. The van der Waals surface area contributed by atoms with E-state index in [-0.39, 0.29) is 5.91 Å². The van der Waals surface area contributed by atoms with Crippen molar-refractivity contribution in [2.24, 2.45) is 0 Å². The highest BCUT2D eigenvalue weighted by molar-refractivity contribution is 7.22. The molecule has 26 heavy (non-hydrogen) atoms. The monoisotopic (exact) mass is 368 g/mol. The Hall–Kier alpha value is -3.19. The number of methoxy groups -OCH3 is 2. The number of hydrogen-bond acceptors (Lipinski definition) is 6. The first-order valence-corrected chi connectivity index (χ1v) is 8.53. The molecule has 0 bridgehead atoms. The number of anilines is 1. The highest BCUT2D eigenvalue weighted by atomic mass is 32.1. The summed E-state index contributed by atoms with van der Waals surface area (Å²) < 4.78 is 10.6. The van der Waals surface area contributed by atoms with Gasteiger partial charge in [0.15, 0.2) is 5.13 Å². The summed E-state index contributed by atoms with van der Waals surface area (Å²) in [5, 5.41) is 3.19. The maximum absolute atomic E-state index is 12.1. The summed E-state index contributed by atoms with van der Waals surface area (Å²) in [6.07, 6.45) is 3.14. The molecule has 0 aliphatic rings. The first kappa shape index (κ1) is 17.6. The molecule has 0 saturated heterocycles. The molecular formula is C19H16N2O4S. The molecule has 3 rings (SSSR count). The lowest BCUT2D eigenvalue weighted by atomic mass is 10.2. The van der Waals surface area contributed by atoms with Crippen LogP contribution in [0.4, 0.5) is 5.13 Å². The number of nitrogens with one attached hydrogen (secondary N) is 1. The van der Waals surface area contributed by atoms with Crippen molar-refractivity contribution in [3.05, 3.63) is 59.7 Å². The Morgan fingerprint density at radius 3 is 2.58 bits per heavy atom. The van der Waals surface area contributed by atoms with Crippen molar-refractivity contribution in [1.29, 1.82) is 0 Å². The number of carbonyl (C=O) groups excluding carboxylic acids is 2. The largest absolute Gasteiger partial charge is 0.497 e. The molecule has 0 radical (unpaired) electrons. The molecule has 6 nitrogen and oxygen atoms in total. The zero-order valence-corrected chi connectivity index (χ0v) is 15.0. The number of benzene rings is 2. The van der Waals surface area contributed by atoms with Crippen LogP contribution in [-0.2, 0) is 9.53 Å². The van der Waals surface area contributed by atoms with Gasteiger partial charge in [-0.1, -0.05) is 23.5 Å². The Morgan fingerprint density at radius 1 is 1.12 bits per heavy atom. The molecule has 0 spiro atoms. The number of carbonyl (C=O) groups is 2. The van der Waals surface area contributed by atoms with E-state index in [0.717, 1.165) is 16.0 Å². The van der Waals surface area contributed by atoms with Crippen LogP contribution in [0.5, 0.6) is 5.75 Å². The topological polar surface area (TPSA) is 77.5 Å². The second-order valence-corrected chi connectivity index (χ2v) is 6.32. The number of nitrogens with zero attached hydrogens (tertiary/aromatic N) is 1. The number of aromatic nitrogens is 1. The quantitative estimate of drug-likeness (QED) is 0.548. The molecule has 3 aromatic rings. The van der Waals surface area contributed by atoms with Crippen LogP contribution >= 0.6 is 11.3 Å². The molecule has 1 N–H and O–H groups in total. The molecule has 0 unspecified atom stereocenters. The van der Waals surface area contributed by atoms with E-state index in [4.69, 9.17) is 9.47 Å². The Morgan fingerprint density at radius 2 is 1.88 bits per heavy atom. The zero-order chi connectivity index (χ0) is 18.5. The lowest BCUT2D eigenvalue weighted by Crippen LogP contribution is -2.07. The van der Waals surface area contributed by atoms with Crippen molar-refractivity contribution in [3.8, 4) is 5.75 Å². The minimum atomic E-state index is -0.409. The third kappa shape index (κ3) is 4.07. The highest BCUT2D eigenvalue weighted by Gasteiger charge is 2.10. The molecule has 0 fully saturated rings. The van der Waals surface area contributed by atoms with E-state index in [9.17, 15) is 9.59 Å². The van der Waals surface area contributed by atoms with Crippen molar-refractivity contribution in [2.75, 3.05) is 19.5 Å². The summed E-state index contributed by atoms with van der Waals surface area (Å²) in [6.45, 7) is 0. The summed E-state index contributed by atoms with van der Waals surface area (Å²) >= 11 is 1.29. The second kappa shape index (κ2) is 7.79. The van der Waals surface area contributed by atoms with E-state index in [1.807, 2.05) is 24.3 Å². The summed E-state index contributed by atoms with van der Waals surface area (Å²) in [5.74, 6) is 0.0637. The first-order valence-electron chi connectivity index (χ1n) is 7.71. The van der Waals surface area contributed by atoms with Crippen molar-refractivity contribution in [2.45, 2.75) is 0 Å². The fourth-order valence-corrected chi connectivity index (χ4v) is 3.16. The third-order valence-electron chi connectivity index (χ3n) is 3.58. The Bertz CT molecular complexity index is 977. The molecule has 2 aromatic carbocycles. The van der Waals surface area contributed by atoms with Crippen molar-refractivity contribution in [3.63, 3.8) is 0 Å². The van der Waals surface area contributed by atoms with Gasteiger partial charge in [-0.05, 0) is 42.0 Å². The number of ether oxygens (including phenoxy) is 2. The maximum atomic E-state index is 12.1. The van der Waals surface area contributed by atoms with Crippen LogP contribution < -0.4 is 10.1 Å². The van der Waals surface area contributed by atoms with E-state index in [1.165, 1.54) is 24.5 Å². The Labute approximate surface area is 154 Å². The van der Waals surface area contributed by atoms with Crippen LogP contribution in [0, 0.1) is 0 Å². The molecule has 132 valence electrons. The van der Waals surface area contributed by atoms with Crippen molar-refractivity contribution >= 4 is 44.6 Å². The number of amides is 1. The van der Waals surface area contributed by atoms with Gasteiger partial charge < -0.3 is 9.47 Å². The molecule has 0 saturated carbocycles. The lowest BCUT2D eigenvalue weighted by molar-refractivity contribution is -0.111. The second-order valence-electron chi connectivity index (χ2n) is 5.29. The number of rotatable bonds is 5. The van der Waals surface area contributed by atoms with Crippen molar-refractivity contribution in [1.82, 2.24) is 4.98 Å². The third-order valence-corrected chi connectivity index (χ3v) is 4.52. The lowest BCUT2D eigenvalue weighted by Gasteiger charge is -1.99. The van der Waals surface area contributed by atoms with E-state index in [2.05, 4.69) is 10.3 Å². The van der Waals surface area contributed by atoms with Gasteiger partial charge in [-0.3, -0.25) is 10.1 Å². The van der Waals surface area contributed by atoms with E-state index in [1.54, 1.807) is 31.4 Å². The minimum absolute atomic E-state index is 0.284. The average molecular weight is 368 g/mol. The summed E-state index contributed by atoms with van der Waals surface area (Å²) in [5.41, 5.74) is 2.03. The molecule has 7 heteroatoms. The van der Waals surface area contributed by atoms with Crippen LogP contribution in [0.25, 0.3) is 16.3 Å². The summed E-state index contributed by atoms with van der Waals surface area (Å²) in [4.78, 5) is 28.0. The van der Waals surface area contributed by atoms with Crippen LogP contribution in [-0.4, -0.2) is 31.1 Å². The zero-order valence-electron chi connectivity index (χ0n) is 14.2. The summed E-state index contributed by atoms with van der Waals surface area (Å²) in [7, 11) is 2.93. The van der Waals surface area contributed by atoms with Gasteiger partial charge in [0.25, 0.3) is 0 Å². The minimum Gasteiger partial charge on any atom is -0.497 e. The number of hydrogen-bond donors (Lipinski definition) is 1. The van der Waals surface area contributed by atoms with E-state index < -0.39 is 5.97 Å². The number of fused-ring (bicyclic) bond motifs is 1. The smallest absolute Gasteiger partial charge is 0.337 e. The predicted molar refractivity (Wildman–Crippen MR) is 102 cm³/mol. The first-order chi connectivity index (χ1) is 12.6. The van der Waals surface area contributed by atoms with Gasteiger partial charge in [0.2, 0.25) is 5.91 Å². The molecule has 0 aliphatic carbocycles. The van der Waals surface area contributed by atoms with Crippen LogP contribution in [0.3, 0.4) is 0 Å². The number of thiazole rings is 1. The average Bonchev–Trinajstić information content (AvgIpc) is 3.07. The molecule has 0 atom stereocenters. The Balaban J connectivity index is 1.70. The highest BCUT2D eigenvalue weighted by Crippen LogP contribution is 2.27. The fraction of sp³-hybridized carbons (Fsp3) is 0.105. The van der Waals surface area contributed by atoms with E-state index >= 15 is 0 Å². The standard InChI is InChI=1S/C19H16N2O4S/c1-24-14-7-3-12(4-8-14)5-10-17(22)21-19-20-15-9-6-13(18(23)25-2)11-16(15)26-19/h3-11H,1-2H3,(H,20,21,22)/b10-5+. The van der Waals surface area contributed by atoms with Crippen LogP contribution in [0.2, 0.25) is 0 Å². The van der Waals surface area contributed by atoms with Gasteiger partial charge in [-0.15, -0.1) is 0 Å². The molecular weight excluding hydrogens is 352 g/mol. The van der Waals surface area contributed by atoms with Gasteiger partial charge in [0, 0.05) is 6.08 Å². The van der Waals surface area contributed by atoms with Crippen molar-refractivity contribution < 1.29 is 19.1 Å². The molecule has 1 aromatic heterocycles.